The summed E-state index contributed by atoms with van der Waals surface area (Å²) in [5.74, 6) is 0.250. The summed E-state index contributed by atoms with van der Waals surface area (Å²) < 4.78 is 11.8. The fourth-order valence-corrected chi connectivity index (χ4v) is 3.41. The maximum absolute atomic E-state index is 11.4. The van der Waals surface area contributed by atoms with Crippen molar-refractivity contribution < 1.29 is 19.4 Å². The van der Waals surface area contributed by atoms with E-state index in [0.29, 0.717) is 41.8 Å². The number of rotatable bonds is 9. The molecule has 0 aliphatic heterocycles. The Morgan fingerprint density at radius 1 is 1.03 bits per heavy atom. The van der Waals surface area contributed by atoms with Gasteiger partial charge in [-0.15, -0.1) is 0 Å². The minimum atomic E-state index is -0.951. The lowest BCUT2D eigenvalue weighted by Crippen LogP contribution is -2.07. The molecule has 0 aromatic heterocycles. The minimum Gasteiger partial charge on any atom is -0.490 e. The van der Waals surface area contributed by atoms with Crippen molar-refractivity contribution in [2.75, 3.05) is 11.9 Å². The molecule has 0 bridgehead atoms. The van der Waals surface area contributed by atoms with Crippen molar-refractivity contribution in [3.63, 3.8) is 0 Å². The van der Waals surface area contributed by atoms with E-state index in [9.17, 15) is 9.90 Å². The summed E-state index contributed by atoms with van der Waals surface area (Å²) in [4.78, 5) is 11.4. The molecule has 0 aliphatic rings. The number of nitrogens with one attached hydrogen (secondary N) is 1. The van der Waals surface area contributed by atoms with Crippen LogP contribution in [-0.2, 0) is 13.2 Å². The number of carbonyl (C=O) groups is 1. The fraction of sp³-hybridized carbons (Fsp3) is 0.240. The van der Waals surface area contributed by atoms with Crippen LogP contribution >= 0.6 is 11.6 Å². The fourth-order valence-electron chi connectivity index (χ4n) is 3.19. The number of anilines is 1. The number of aromatic carboxylic acids is 1. The van der Waals surface area contributed by atoms with Crippen LogP contribution in [0.1, 0.15) is 39.5 Å². The van der Waals surface area contributed by atoms with Crippen molar-refractivity contribution in [3.05, 3.63) is 87.4 Å². The highest BCUT2D eigenvalue weighted by atomic mass is 35.5. The van der Waals surface area contributed by atoms with Crippen LogP contribution in [0.4, 0.5) is 5.69 Å². The monoisotopic (exact) mass is 439 g/mol. The van der Waals surface area contributed by atoms with E-state index in [1.165, 1.54) is 5.56 Å². The molecule has 0 radical (unpaired) electrons. The number of benzene rings is 3. The van der Waals surface area contributed by atoms with Crippen molar-refractivity contribution >= 4 is 23.3 Å². The molecule has 0 heterocycles. The maximum atomic E-state index is 11.4. The summed E-state index contributed by atoms with van der Waals surface area (Å²) in [5, 5.41) is 13.1. The Labute approximate surface area is 187 Å². The third kappa shape index (κ3) is 5.70. The number of hydrogen-bond donors (Lipinski definition) is 2. The Hall–Kier alpha value is -3.18. The van der Waals surface area contributed by atoms with Crippen molar-refractivity contribution in [3.8, 4) is 11.5 Å². The van der Waals surface area contributed by atoms with Crippen molar-refractivity contribution in [2.24, 2.45) is 0 Å². The lowest BCUT2D eigenvalue weighted by atomic mass is 10.1. The molecule has 31 heavy (non-hydrogen) atoms. The highest BCUT2D eigenvalue weighted by Gasteiger charge is 2.14. The normalized spacial score (nSPS) is 10.6. The number of aryl methyl sites for hydroxylation is 1. The molecule has 0 saturated heterocycles. The first-order valence-electron chi connectivity index (χ1n) is 10.1. The summed E-state index contributed by atoms with van der Waals surface area (Å²) in [6.45, 7) is 7.06. The average Bonchev–Trinajstić information content (AvgIpc) is 2.74. The van der Waals surface area contributed by atoms with Crippen LogP contribution in [0.5, 0.6) is 11.5 Å². The van der Waals surface area contributed by atoms with Gasteiger partial charge in [-0.1, -0.05) is 47.5 Å². The molecule has 0 fully saturated rings. The summed E-state index contributed by atoms with van der Waals surface area (Å²) in [6.07, 6.45) is 0. The van der Waals surface area contributed by atoms with Crippen molar-refractivity contribution in [1.29, 1.82) is 0 Å². The van der Waals surface area contributed by atoms with Gasteiger partial charge in [0.25, 0.3) is 0 Å². The molecule has 0 aliphatic carbocycles. The Bertz CT molecular complexity index is 1060. The predicted octanol–water partition coefficient (Wildman–Crippen LogP) is 6.24. The molecule has 0 amide bonds. The van der Waals surface area contributed by atoms with Crippen LogP contribution in [0.3, 0.4) is 0 Å². The van der Waals surface area contributed by atoms with Crippen molar-refractivity contribution in [1.82, 2.24) is 0 Å². The Kier molecular flexibility index (Phi) is 7.42. The highest BCUT2D eigenvalue weighted by Crippen LogP contribution is 2.35. The van der Waals surface area contributed by atoms with E-state index < -0.39 is 5.97 Å². The van der Waals surface area contributed by atoms with Crippen LogP contribution in [0.15, 0.2) is 54.6 Å². The average molecular weight is 440 g/mol. The van der Waals surface area contributed by atoms with E-state index in [1.807, 2.05) is 50.2 Å². The van der Waals surface area contributed by atoms with Gasteiger partial charge in [0, 0.05) is 23.3 Å². The van der Waals surface area contributed by atoms with Gasteiger partial charge in [0.1, 0.15) is 6.61 Å². The minimum absolute atomic E-state index is 0.269. The van der Waals surface area contributed by atoms with E-state index in [4.69, 9.17) is 21.1 Å². The standard InChI is InChI=1S/C25H26ClNO4/c1-4-30-23-12-19(14-27-22-7-5-6-20(17(22)3)25(28)29)21(26)13-24(23)31-15-18-10-8-16(2)9-11-18/h5-13,27H,4,14-15H2,1-3H3,(H,28,29). The second kappa shape index (κ2) is 10.2. The van der Waals surface area contributed by atoms with E-state index in [1.54, 1.807) is 25.1 Å². The third-order valence-corrected chi connectivity index (χ3v) is 5.31. The maximum Gasteiger partial charge on any atom is 0.336 e. The number of carboxylic acids is 1. The first-order chi connectivity index (χ1) is 14.9. The van der Waals surface area contributed by atoms with Gasteiger partial charge in [-0.05, 0) is 55.7 Å². The first kappa shape index (κ1) is 22.5. The van der Waals surface area contributed by atoms with E-state index in [2.05, 4.69) is 5.32 Å². The summed E-state index contributed by atoms with van der Waals surface area (Å²) in [7, 11) is 0. The van der Waals surface area contributed by atoms with Gasteiger partial charge in [0.15, 0.2) is 11.5 Å². The highest BCUT2D eigenvalue weighted by molar-refractivity contribution is 6.31. The zero-order valence-corrected chi connectivity index (χ0v) is 18.6. The molecule has 2 N–H and O–H groups in total. The molecular formula is C25H26ClNO4. The summed E-state index contributed by atoms with van der Waals surface area (Å²) in [5.41, 5.74) is 4.77. The SMILES string of the molecule is CCOc1cc(CNc2cccc(C(=O)O)c2C)c(Cl)cc1OCc1ccc(C)cc1. The third-order valence-electron chi connectivity index (χ3n) is 4.96. The van der Waals surface area contributed by atoms with Gasteiger partial charge >= 0.3 is 5.97 Å². The number of hydrogen-bond acceptors (Lipinski definition) is 4. The second-order valence-electron chi connectivity index (χ2n) is 7.23. The quantitative estimate of drug-likeness (QED) is 0.412. The number of halogens is 1. The molecule has 3 aromatic rings. The van der Waals surface area contributed by atoms with Crippen LogP contribution in [-0.4, -0.2) is 17.7 Å². The van der Waals surface area contributed by atoms with Gasteiger partial charge in [-0.3, -0.25) is 0 Å². The largest absolute Gasteiger partial charge is 0.490 e. The van der Waals surface area contributed by atoms with Crippen LogP contribution in [0.25, 0.3) is 0 Å². The molecular weight excluding hydrogens is 414 g/mol. The lowest BCUT2D eigenvalue weighted by Gasteiger charge is -2.16. The molecule has 3 rings (SSSR count). The van der Waals surface area contributed by atoms with Gasteiger partial charge in [-0.25, -0.2) is 4.79 Å². The Morgan fingerprint density at radius 3 is 2.42 bits per heavy atom. The molecule has 0 spiro atoms. The molecule has 6 heteroatoms. The van der Waals surface area contributed by atoms with Gasteiger partial charge in [-0.2, -0.15) is 0 Å². The van der Waals surface area contributed by atoms with Crippen molar-refractivity contribution in [2.45, 2.75) is 33.9 Å². The summed E-state index contributed by atoms with van der Waals surface area (Å²) >= 11 is 6.52. The van der Waals surface area contributed by atoms with Gasteiger partial charge < -0.3 is 19.9 Å². The van der Waals surface area contributed by atoms with E-state index >= 15 is 0 Å². The number of ether oxygens (including phenoxy) is 2. The lowest BCUT2D eigenvalue weighted by molar-refractivity contribution is 0.0696. The van der Waals surface area contributed by atoms with Crippen LogP contribution in [0.2, 0.25) is 5.02 Å². The smallest absolute Gasteiger partial charge is 0.336 e. The number of carboxylic acid groups (broad SMARTS) is 1. The molecule has 0 atom stereocenters. The molecule has 0 unspecified atom stereocenters. The topological polar surface area (TPSA) is 67.8 Å². The molecule has 162 valence electrons. The molecule has 3 aromatic carbocycles. The second-order valence-corrected chi connectivity index (χ2v) is 7.64. The molecule has 5 nitrogen and oxygen atoms in total. The zero-order chi connectivity index (χ0) is 22.4. The van der Waals surface area contributed by atoms with E-state index in [0.717, 1.165) is 16.8 Å². The van der Waals surface area contributed by atoms with Crippen LogP contribution < -0.4 is 14.8 Å². The van der Waals surface area contributed by atoms with E-state index in [-0.39, 0.29) is 5.56 Å². The Balaban J connectivity index is 1.77. The van der Waals surface area contributed by atoms with Gasteiger partial charge in [0.05, 0.1) is 12.2 Å². The van der Waals surface area contributed by atoms with Crippen LogP contribution in [0, 0.1) is 13.8 Å². The Morgan fingerprint density at radius 2 is 1.74 bits per heavy atom. The predicted molar refractivity (Wildman–Crippen MR) is 124 cm³/mol. The first-order valence-corrected chi connectivity index (χ1v) is 10.5. The zero-order valence-electron chi connectivity index (χ0n) is 17.9. The van der Waals surface area contributed by atoms with Gasteiger partial charge in [0.2, 0.25) is 0 Å². The molecule has 0 saturated carbocycles. The summed E-state index contributed by atoms with van der Waals surface area (Å²) in [6, 6.07) is 16.9.